The van der Waals surface area contributed by atoms with Gasteiger partial charge in [0, 0.05) is 47.8 Å². The molecule has 2 saturated carbocycles. The number of hydrogen-bond acceptors (Lipinski definition) is 10. The van der Waals surface area contributed by atoms with E-state index in [1.54, 1.807) is 30.5 Å². The molecule has 14 heteroatoms. The number of nitrogens with one attached hydrogen (secondary N) is 3. The van der Waals surface area contributed by atoms with Crippen LogP contribution in [0.3, 0.4) is 0 Å². The van der Waals surface area contributed by atoms with Crippen molar-refractivity contribution < 1.29 is 33.5 Å². The lowest BCUT2D eigenvalue weighted by atomic mass is 10.0. The average molecular weight is 746 g/mol. The van der Waals surface area contributed by atoms with Gasteiger partial charge in [-0.3, -0.25) is 39.0 Å². The summed E-state index contributed by atoms with van der Waals surface area (Å²) in [4.78, 5) is 86.5. The van der Waals surface area contributed by atoms with E-state index >= 15 is 0 Å². The van der Waals surface area contributed by atoms with E-state index < -0.39 is 29.7 Å². The van der Waals surface area contributed by atoms with E-state index in [0.29, 0.717) is 31.1 Å². The lowest BCUT2D eigenvalue weighted by molar-refractivity contribution is -0.136. The van der Waals surface area contributed by atoms with Crippen LogP contribution in [0.5, 0.6) is 5.75 Å². The third kappa shape index (κ3) is 7.45. The number of amides is 5. The van der Waals surface area contributed by atoms with Crippen molar-refractivity contribution >= 4 is 58.0 Å². The molecule has 0 spiro atoms. The van der Waals surface area contributed by atoms with Gasteiger partial charge >= 0.3 is 0 Å². The Morgan fingerprint density at radius 2 is 1.67 bits per heavy atom. The van der Waals surface area contributed by atoms with Crippen LogP contribution in [0.1, 0.15) is 125 Å². The highest BCUT2D eigenvalue weighted by Gasteiger charge is 2.46. The zero-order valence-corrected chi connectivity index (χ0v) is 30.5. The normalized spacial score (nSPS) is 18.5. The molecule has 1 saturated heterocycles. The van der Waals surface area contributed by atoms with E-state index in [4.69, 9.17) is 9.72 Å². The molecule has 2 aliphatic heterocycles. The van der Waals surface area contributed by atoms with Gasteiger partial charge in [-0.1, -0.05) is 31.7 Å². The maximum Gasteiger partial charge on any atom is 0.266 e. The Morgan fingerprint density at radius 3 is 2.44 bits per heavy atom. The van der Waals surface area contributed by atoms with Crippen LogP contribution in [0.4, 0.5) is 11.6 Å². The van der Waals surface area contributed by atoms with E-state index in [1.807, 2.05) is 18.2 Å². The van der Waals surface area contributed by atoms with Crippen LogP contribution >= 0.6 is 0 Å². The lowest BCUT2D eigenvalue weighted by Crippen LogP contribution is -2.54. The number of piperidine rings is 1. The Balaban J connectivity index is 0.779. The third-order valence-corrected chi connectivity index (χ3v) is 10.9. The number of anilines is 2. The number of Topliss-reactive ketones (excluding diaryl/α,β-unsaturated/α-hetero) is 1. The summed E-state index contributed by atoms with van der Waals surface area (Å²) in [5, 5.41) is 9.29. The van der Waals surface area contributed by atoms with Crippen LogP contribution < -0.4 is 20.7 Å². The summed E-state index contributed by atoms with van der Waals surface area (Å²) >= 11 is 0. The SMILES string of the molecule is O=C1CCC(N2C(=O)c3cccc(OCCCCCCNC(=O)c4ccc(Nc5ncc6cc(C(=O)C7CC7)n(C7CCCC7)c6n5)cc4)c3C2=O)C(=O)N1. The number of imide groups is 2. The van der Waals surface area contributed by atoms with Crippen molar-refractivity contribution in [2.24, 2.45) is 5.92 Å². The zero-order chi connectivity index (χ0) is 38.1. The minimum absolute atomic E-state index is 0.0551. The van der Waals surface area contributed by atoms with Gasteiger partial charge in [0.1, 0.15) is 17.4 Å². The molecule has 3 N–H and O–H groups in total. The highest BCUT2D eigenvalue weighted by atomic mass is 16.5. The molecular formula is C41H43N7O7. The molecule has 1 atom stereocenters. The number of rotatable bonds is 15. The molecular weight excluding hydrogens is 702 g/mol. The Bertz CT molecular complexity index is 2190. The first kappa shape index (κ1) is 36.1. The summed E-state index contributed by atoms with van der Waals surface area (Å²) in [6.07, 6.45) is 11.4. The smallest absolute Gasteiger partial charge is 0.266 e. The summed E-state index contributed by atoms with van der Waals surface area (Å²) in [6, 6.07) is 13.1. The van der Waals surface area contributed by atoms with Gasteiger partial charge in [-0.05, 0) is 87.4 Å². The van der Waals surface area contributed by atoms with E-state index in [0.717, 1.165) is 85.1 Å². The maximum atomic E-state index is 13.2. The second-order valence-corrected chi connectivity index (χ2v) is 14.8. The number of nitrogens with zero attached hydrogens (tertiary/aromatic N) is 4. The lowest BCUT2D eigenvalue weighted by Gasteiger charge is -2.27. The van der Waals surface area contributed by atoms with Gasteiger partial charge < -0.3 is 19.9 Å². The predicted molar refractivity (Wildman–Crippen MR) is 201 cm³/mol. The number of ether oxygens (including phenoxy) is 1. The van der Waals surface area contributed by atoms with E-state index in [9.17, 15) is 28.8 Å². The van der Waals surface area contributed by atoms with Crippen LogP contribution in [0, 0.1) is 5.92 Å². The molecule has 2 aromatic carbocycles. The molecule has 4 aliphatic rings. The van der Waals surface area contributed by atoms with Crippen molar-refractivity contribution in [2.45, 2.75) is 89.1 Å². The molecule has 14 nitrogen and oxygen atoms in total. The van der Waals surface area contributed by atoms with Crippen LogP contribution in [0.2, 0.25) is 0 Å². The quantitative estimate of drug-likeness (QED) is 0.0781. The molecule has 2 aliphatic carbocycles. The maximum absolute atomic E-state index is 13.2. The summed E-state index contributed by atoms with van der Waals surface area (Å²) in [6.45, 7) is 0.842. The van der Waals surface area contributed by atoms with Crippen molar-refractivity contribution in [3.05, 3.63) is 77.1 Å². The Morgan fingerprint density at radius 1 is 0.891 bits per heavy atom. The van der Waals surface area contributed by atoms with Crippen LogP contribution in [0.15, 0.2) is 54.7 Å². The van der Waals surface area contributed by atoms with Gasteiger partial charge in [0.25, 0.3) is 17.7 Å². The summed E-state index contributed by atoms with van der Waals surface area (Å²) in [5.74, 6) is -1.34. The molecule has 284 valence electrons. The van der Waals surface area contributed by atoms with Crippen molar-refractivity contribution in [2.75, 3.05) is 18.5 Å². The number of fused-ring (bicyclic) bond motifs is 2. The highest BCUT2D eigenvalue weighted by molar-refractivity contribution is 6.24. The molecule has 1 unspecified atom stereocenters. The molecule has 8 rings (SSSR count). The molecule has 4 aromatic rings. The molecule has 0 bridgehead atoms. The van der Waals surface area contributed by atoms with E-state index in [2.05, 4.69) is 25.5 Å². The molecule has 0 radical (unpaired) electrons. The monoisotopic (exact) mass is 745 g/mol. The summed E-state index contributed by atoms with van der Waals surface area (Å²) in [7, 11) is 0. The van der Waals surface area contributed by atoms with E-state index in [-0.39, 0.29) is 53.4 Å². The summed E-state index contributed by atoms with van der Waals surface area (Å²) in [5.41, 5.74) is 3.14. The molecule has 5 amide bonds. The largest absolute Gasteiger partial charge is 0.493 e. The number of ketones is 1. The standard InChI is InChI=1S/C41H43N7O7/c49-33-19-18-30(38(52)45-33)48-39(53)29-10-7-11-32(34(29)40(48)54)55-21-6-2-1-5-20-42-37(51)25-14-16-27(17-15-25)44-41-43-23-26-22-31(35(50)24-12-13-24)47(36(26)46-41)28-8-3-4-9-28/h7,10-11,14-17,22-24,28,30H,1-6,8-9,12-13,18-21H2,(H,42,51)(H,43,44,46)(H,45,49,52). The zero-order valence-electron chi connectivity index (χ0n) is 30.5. The van der Waals surface area contributed by atoms with Crippen molar-refractivity contribution in [3.8, 4) is 5.75 Å². The topological polar surface area (TPSA) is 182 Å². The van der Waals surface area contributed by atoms with Gasteiger partial charge in [-0.15, -0.1) is 0 Å². The average Bonchev–Trinajstić information content (AvgIpc) is 3.67. The number of aromatic nitrogens is 3. The predicted octanol–water partition coefficient (Wildman–Crippen LogP) is 5.65. The van der Waals surface area contributed by atoms with E-state index in [1.165, 1.54) is 6.07 Å². The molecule has 55 heavy (non-hydrogen) atoms. The molecule has 4 heterocycles. The van der Waals surface area contributed by atoms with Gasteiger partial charge in [0.15, 0.2) is 5.78 Å². The van der Waals surface area contributed by atoms with Gasteiger partial charge in [-0.25, -0.2) is 4.98 Å². The van der Waals surface area contributed by atoms with Crippen molar-refractivity contribution in [1.29, 1.82) is 0 Å². The second-order valence-electron chi connectivity index (χ2n) is 14.8. The minimum atomic E-state index is -1.03. The number of carbonyl (C=O) groups excluding carboxylic acids is 6. The molecule has 2 aromatic heterocycles. The van der Waals surface area contributed by atoms with Gasteiger partial charge in [-0.2, -0.15) is 4.98 Å². The molecule has 3 fully saturated rings. The third-order valence-electron chi connectivity index (χ3n) is 10.9. The van der Waals surface area contributed by atoms with Crippen LogP contribution in [0.25, 0.3) is 11.0 Å². The first-order valence-corrected chi connectivity index (χ1v) is 19.3. The van der Waals surface area contributed by atoms with Crippen LogP contribution in [-0.2, 0) is 9.59 Å². The highest BCUT2D eigenvalue weighted by Crippen LogP contribution is 2.39. The number of carbonyl (C=O) groups is 6. The first-order chi connectivity index (χ1) is 26.8. The summed E-state index contributed by atoms with van der Waals surface area (Å²) < 4.78 is 8.06. The Kier molecular flexibility index (Phi) is 10.1. The number of benzene rings is 2. The van der Waals surface area contributed by atoms with Gasteiger partial charge in [0.2, 0.25) is 17.8 Å². The Labute approximate surface area is 317 Å². The van der Waals surface area contributed by atoms with Crippen molar-refractivity contribution in [1.82, 2.24) is 30.1 Å². The fourth-order valence-electron chi connectivity index (χ4n) is 7.85. The Hall–Kier alpha value is -5.92. The number of hydrogen-bond donors (Lipinski definition) is 3. The van der Waals surface area contributed by atoms with Gasteiger partial charge in [0.05, 0.1) is 23.4 Å². The fourth-order valence-corrected chi connectivity index (χ4v) is 7.85. The first-order valence-electron chi connectivity index (χ1n) is 19.3. The number of unbranched alkanes of at least 4 members (excludes halogenated alkanes) is 3. The van der Waals surface area contributed by atoms with Crippen LogP contribution in [-0.4, -0.2) is 73.9 Å². The minimum Gasteiger partial charge on any atom is -0.493 e. The van der Waals surface area contributed by atoms with Crippen molar-refractivity contribution in [3.63, 3.8) is 0 Å². The second kappa shape index (κ2) is 15.4. The fraction of sp³-hybridized carbons (Fsp3) is 0.415.